The van der Waals surface area contributed by atoms with Gasteiger partial charge in [0.15, 0.2) is 0 Å². The van der Waals surface area contributed by atoms with Crippen LogP contribution in [0.2, 0.25) is 0 Å². The van der Waals surface area contributed by atoms with Crippen molar-refractivity contribution in [2.45, 2.75) is 12.8 Å². The Balaban J connectivity index is 2.05. The summed E-state index contributed by atoms with van der Waals surface area (Å²) in [5, 5.41) is 18.2. The number of allylic oxidation sites excluding steroid dienone is 2. The predicted octanol–water partition coefficient (Wildman–Crippen LogP) is 0.984. The zero-order valence-corrected chi connectivity index (χ0v) is 8.09. The molecule has 0 aromatic heterocycles. The molecule has 0 saturated heterocycles. The van der Waals surface area contributed by atoms with Crippen LogP contribution in [0.25, 0.3) is 0 Å². The van der Waals surface area contributed by atoms with Crippen LogP contribution in [0.15, 0.2) is 12.2 Å². The van der Waals surface area contributed by atoms with E-state index in [4.69, 9.17) is 10.2 Å². The molecule has 80 valence electrons. The lowest BCUT2D eigenvalue weighted by Gasteiger charge is -2.20. The highest BCUT2D eigenvalue weighted by Crippen LogP contribution is 2.71. The minimum atomic E-state index is -0.953. The average Bonchev–Trinajstić information content (AvgIpc) is 2.81. The first-order valence-corrected chi connectivity index (χ1v) is 5.22. The van der Waals surface area contributed by atoms with Gasteiger partial charge in [-0.1, -0.05) is 12.2 Å². The van der Waals surface area contributed by atoms with E-state index in [9.17, 15) is 9.59 Å². The number of carbonyl (C=O) groups is 2. The summed E-state index contributed by atoms with van der Waals surface area (Å²) in [4.78, 5) is 22.2. The van der Waals surface area contributed by atoms with Crippen molar-refractivity contribution in [1.82, 2.24) is 0 Å². The predicted molar refractivity (Wildman–Crippen MR) is 50.0 cm³/mol. The van der Waals surface area contributed by atoms with Crippen molar-refractivity contribution < 1.29 is 19.8 Å². The summed E-state index contributed by atoms with van der Waals surface area (Å²) in [6.45, 7) is 0. The summed E-state index contributed by atoms with van der Waals surface area (Å²) in [7, 11) is 0. The fourth-order valence-corrected chi connectivity index (χ4v) is 3.67. The van der Waals surface area contributed by atoms with E-state index >= 15 is 0 Å². The Kier molecular flexibility index (Phi) is 1.45. The molecule has 1 spiro atoms. The molecule has 2 fully saturated rings. The molecule has 2 saturated carbocycles. The summed E-state index contributed by atoms with van der Waals surface area (Å²) in [5.41, 5.74) is 0.00606. The van der Waals surface area contributed by atoms with Crippen LogP contribution in [0.5, 0.6) is 0 Å². The van der Waals surface area contributed by atoms with Crippen LogP contribution in [-0.4, -0.2) is 22.2 Å². The van der Waals surface area contributed by atoms with E-state index in [1.54, 1.807) is 0 Å². The largest absolute Gasteiger partial charge is 0.481 e. The Hall–Kier alpha value is -1.32. The molecule has 2 N–H and O–H groups in total. The summed E-state index contributed by atoms with van der Waals surface area (Å²) < 4.78 is 0. The third-order valence-corrected chi connectivity index (χ3v) is 4.41. The highest BCUT2D eigenvalue weighted by atomic mass is 16.4. The number of carboxylic acids is 2. The van der Waals surface area contributed by atoms with Crippen molar-refractivity contribution >= 4 is 11.9 Å². The Morgan fingerprint density at radius 3 is 1.67 bits per heavy atom. The Morgan fingerprint density at radius 2 is 1.40 bits per heavy atom. The molecule has 0 amide bonds. The van der Waals surface area contributed by atoms with Crippen molar-refractivity contribution in [2.24, 2.45) is 29.1 Å². The lowest BCUT2D eigenvalue weighted by molar-refractivity contribution is -0.154. The van der Waals surface area contributed by atoms with Gasteiger partial charge in [-0.3, -0.25) is 9.59 Å². The third kappa shape index (κ3) is 0.874. The molecule has 0 radical (unpaired) electrons. The zero-order valence-electron chi connectivity index (χ0n) is 8.09. The molecule has 4 nitrogen and oxygen atoms in total. The van der Waals surface area contributed by atoms with E-state index < -0.39 is 23.8 Å². The molecule has 3 aliphatic rings. The van der Waals surface area contributed by atoms with E-state index in [1.165, 1.54) is 0 Å². The topological polar surface area (TPSA) is 74.6 Å². The number of carboxylic acid groups (broad SMARTS) is 2. The van der Waals surface area contributed by atoms with E-state index in [-0.39, 0.29) is 17.3 Å². The van der Waals surface area contributed by atoms with E-state index in [0.29, 0.717) is 0 Å². The van der Waals surface area contributed by atoms with Crippen molar-refractivity contribution in [1.29, 1.82) is 0 Å². The third-order valence-electron chi connectivity index (χ3n) is 4.41. The summed E-state index contributed by atoms with van der Waals surface area (Å²) >= 11 is 0. The van der Waals surface area contributed by atoms with Crippen LogP contribution >= 0.6 is 0 Å². The molecule has 2 bridgehead atoms. The second-order valence-electron chi connectivity index (χ2n) is 4.90. The fraction of sp³-hybridized carbons (Fsp3) is 0.636. The SMILES string of the molecule is O=C(O)[C@H]1[C@H](C(=O)O)[C@H]2C=C[C@H]1C21CC1. The highest BCUT2D eigenvalue weighted by Gasteiger charge is 2.70. The molecule has 0 unspecified atom stereocenters. The van der Waals surface area contributed by atoms with Crippen LogP contribution in [0, 0.1) is 29.1 Å². The first-order valence-electron chi connectivity index (χ1n) is 5.22. The van der Waals surface area contributed by atoms with Crippen molar-refractivity contribution in [3.05, 3.63) is 12.2 Å². The minimum absolute atomic E-state index is 0.00606. The van der Waals surface area contributed by atoms with Gasteiger partial charge in [0.05, 0.1) is 11.8 Å². The quantitative estimate of drug-likeness (QED) is 0.663. The zero-order chi connectivity index (χ0) is 10.8. The average molecular weight is 208 g/mol. The van der Waals surface area contributed by atoms with Gasteiger partial charge < -0.3 is 10.2 Å². The normalized spacial score (nSPS) is 43.5. The van der Waals surface area contributed by atoms with Gasteiger partial charge in [-0.25, -0.2) is 0 Å². The van der Waals surface area contributed by atoms with Crippen LogP contribution in [0.1, 0.15) is 12.8 Å². The van der Waals surface area contributed by atoms with Crippen LogP contribution in [-0.2, 0) is 9.59 Å². The van der Waals surface area contributed by atoms with Gasteiger partial charge >= 0.3 is 11.9 Å². The number of rotatable bonds is 2. The second kappa shape index (κ2) is 2.43. The van der Waals surface area contributed by atoms with Crippen LogP contribution < -0.4 is 0 Å². The summed E-state index contributed by atoms with van der Waals surface area (Å²) in [6, 6.07) is 0. The van der Waals surface area contributed by atoms with Crippen molar-refractivity contribution in [3.63, 3.8) is 0 Å². The maximum atomic E-state index is 11.1. The molecule has 0 aromatic carbocycles. The second-order valence-corrected chi connectivity index (χ2v) is 4.90. The van der Waals surface area contributed by atoms with Gasteiger partial charge in [0, 0.05) is 0 Å². The van der Waals surface area contributed by atoms with E-state index in [1.807, 2.05) is 12.2 Å². The Bertz CT molecular complexity index is 348. The number of hydrogen-bond donors (Lipinski definition) is 2. The standard InChI is InChI=1S/C11H12O4/c12-9(13)7-5-1-2-6(8(7)10(14)15)11(5)3-4-11/h1-2,5-8H,3-4H2,(H,12,13)(H,14,15)/t5-,6-,7-,8-/m1/s1. The lowest BCUT2D eigenvalue weighted by atomic mass is 9.83. The molecule has 3 aliphatic carbocycles. The summed E-state index contributed by atoms with van der Waals surface area (Å²) in [5.74, 6) is -3.40. The van der Waals surface area contributed by atoms with Gasteiger partial charge in [0.2, 0.25) is 0 Å². The van der Waals surface area contributed by atoms with Crippen LogP contribution in [0.4, 0.5) is 0 Å². The lowest BCUT2D eigenvalue weighted by Crippen LogP contribution is -2.32. The van der Waals surface area contributed by atoms with E-state index in [0.717, 1.165) is 12.8 Å². The molecule has 4 atom stereocenters. The monoisotopic (exact) mass is 208 g/mol. The first kappa shape index (κ1) is 8.95. The van der Waals surface area contributed by atoms with Crippen LogP contribution in [0.3, 0.4) is 0 Å². The van der Waals surface area contributed by atoms with Gasteiger partial charge in [0.1, 0.15) is 0 Å². The Labute approximate surface area is 86.6 Å². The minimum Gasteiger partial charge on any atom is -0.481 e. The molecule has 4 heteroatoms. The van der Waals surface area contributed by atoms with Gasteiger partial charge in [-0.15, -0.1) is 0 Å². The molecule has 0 aromatic rings. The molecular formula is C11H12O4. The van der Waals surface area contributed by atoms with Gasteiger partial charge in [0.25, 0.3) is 0 Å². The van der Waals surface area contributed by atoms with Crippen molar-refractivity contribution in [2.75, 3.05) is 0 Å². The number of aliphatic carboxylic acids is 2. The molecule has 0 heterocycles. The maximum absolute atomic E-state index is 11.1. The van der Waals surface area contributed by atoms with Gasteiger partial charge in [-0.05, 0) is 30.1 Å². The maximum Gasteiger partial charge on any atom is 0.308 e. The molecular weight excluding hydrogens is 196 g/mol. The highest BCUT2D eigenvalue weighted by molar-refractivity contribution is 5.83. The van der Waals surface area contributed by atoms with Gasteiger partial charge in [-0.2, -0.15) is 0 Å². The Morgan fingerprint density at radius 1 is 1.00 bits per heavy atom. The van der Waals surface area contributed by atoms with E-state index in [2.05, 4.69) is 0 Å². The first-order chi connectivity index (χ1) is 7.08. The fourth-order valence-electron chi connectivity index (χ4n) is 3.67. The number of hydrogen-bond acceptors (Lipinski definition) is 2. The van der Waals surface area contributed by atoms with Crippen molar-refractivity contribution in [3.8, 4) is 0 Å². The smallest absolute Gasteiger partial charge is 0.308 e. The molecule has 3 rings (SSSR count). The molecule has 15 heavy (non-hydrogen) atoms. The molecule has 0 aliphatic heterocycles. The summed E-state index contributed by atoms with van der Waals surface area (Å²) in [6.07, 6.45) is 5.83.